The maximum atomic E-state index is 12.5. The van der Waals surface area contributed by atoms with E-state index in [1.807, 2.05) is 0 Å². The molecule has 0 bridgehead atoms. The Hall–Kier alpha value is -0.870. The highest BCUT2D eigenvalue weighted by Crippen LogP contribution is 2.21. The predicted molar refractivity (Wildman–Crippen MR) is 61.2 cm³/mol. The van der Waals surface area contributed by atoms with Gasteiger partial charge in [-0.1, -0.05) is 0 Å². The summed E-state index contributed by atoms with van der Waals surface area (Å²) in [4.78, 5) is 11.3. The van der Waals surface area contributed by atoms with Crippen LogP contribution in [0.4, 0.5) is 13.6 Å². The lowest BCUT2D eigenvalue weighted by Gasteiger charge is -2.12. The number of halogens is 2. The fourth-order valence-electron chi connectivity index (χ4n) is 1.95. The fraction of sp³-hybridized carbons (Fsp3) is 0.917. The summed E-state index contributed by atoms with van der Waals surface area (Å²) in [5, 5.41) is 2.59. The first kappa shape index (κ1) is 14.2. The minimum absolute atomic E-state index is 0.0509. The van der Waals surface area contributed by atoms with Crippen molar-refractivity contribution in [3.63, 3.8) is 0 Å². The van der Waals surface area contributed by atoms with Gasteiger partial charge in [0.05, 0.1) is 0 Å². The number of ether oxygens (including phenoxy) is 1. The average molecular weight is 249 g/mol. The van der Waals surface area contributed by atoms with Crippen LogP contribution in [0.3, 0.4) is 0 Å². The van der Waals surface area contributed by atoms with E-state index >= 15 is 0 Å². The van der Waals surface area contributed by atoms with Gasteiger partial charge in [0.25, 0.3) is 0 Å². The monoisotopic (exact) mass is 249 g/mol. The van der Waals surface area contributed by atoms with Crippen molar-refractivity contribution in [2.45, 2.75) is 63.9 Å². The summed E-state index contributed by atoms with van der Waals surface area (Å²) in [5.41, 5.74) is 0. The maximum Gasteiger partial charge on any atom is 0.407 e. The van der Waals surface area contributed by atoms with Crippen molar-refractivity contribution < 1.29 is 18.3 Å². The molecule has 0 radical (unpaired) electrons. The quantitative estimate of drug-likeness (QED) is 0.732. The second kappa shape index (κ2) is 6.77. The molecule has 0 aliphatic heterocycles. The molecule has 1 fully saturated rings. The van der Waals surface area contributed by atoms with Crippen molar-refractivity contribution >= 4 is 6.09 Å². The van der Waals surface area contributed by atoms with Crippen LogP contribution in [-0.4, -0.2) is 24.7 Å². The van der Waals surface area contributed by atoms with Crippen molar-refractivity contribution in [3.8, 4) is 0 Å². The van der Waals surface area contributed by atoms with Crippen LogP contribution in [0.25, 0.3) is 0 Å². The Kier molecular flexibility index (Phi) is 5.65. The van der Waals surface area contributed by atoms with E-state index < -0.39 is 12.0 Å². The number of rotatable bonds is 6. The molecule has 0 unspecified atom stereocenters. The van der Waals surface area contributed by atoms with Gasteiger partial charge in [-0.25, -0.2) is 13.6 Å². The summed E-state index contributed by atoms with van der Waals surface area (Å²) in [7, 11) is 0. The van der Waals surface area contributed by atoms with E-state index in [0.717, 1.165) is 32.6 Å². The third-order valence-electron chi connectivity index (χ3n) is 2.89. The Balaban J connectivity index is 1.96. The first-order valence-corrected chi connectivity index (χ1v) is 6.30. The summed E-state index contributed by atoms with van der Waals surface area (Å²) >= 11 is 0. The number of amides is 1. The van der Waals surface area contributed by atoms with Crippen LogP contribution in [0.15, 0.2) is 0 Å². The molecule has 1 amide bonds. The first-order valence-electron chi connectivity index (χ1n) is 6.30. The molecule has 1 aliphatic carbocycles. The number of carbonyl (C=O) groups is 1. The van der Waals surface area contributed by atoms with Crippen molar-refractivity contribution in [1.82, 2.24) is 5.32 Å². The maximum absolute atomic E-state index is 12.5. The highest BCUT2D eigenvalue weighted by molar-refractivity contribution is 5.67. The van der Waals surface area contributed by atoms with E-state index in [1.54, 1.807) is 0 Å². The number of nitrogens with one attached hydrogen (secondary N) is 1. The Labute approximate surface area is 101 Å². The van der Waals surface area contributed by atoms with Crippen molar-refractivity contribution in [2.75, 3.05) is 6.54 Å². The Bertz CT molecular complexity index is 235. The molecular formula is C12H21F2NO2. The van der Waals surface area contributed by atoms with Crippen molar-refractivity contribution in [2.24, 2.45) is 0 Å². The zero-order valence-corrected chi connectivity index (χ0v) is 10.3. The molecule has 1 saturated carbocycles. The van der Waals surface area contributed by atoms with Gasteiger partial charge in [-0.15, -0.1) is 0 Å². The third kappa shape index (κ3) is 7.13. The summed E-state index contributed by atoms with van der Waals surface area (Å²) in [6.45, 7) is 1.32. The van der Waals surface area contributed by atoms with Crippen LogP contribution in [0, 0.1) is 0 Å². The molecule has 0 saturated heterocycles. The lowest BCUT2D eigenvalue weighted by Crippen LogP contribution is -2.28. The SMILES string of the molecule is CC(F)(F)CCCCNC(=O)OC1CCCC1. The van der Waals surface area contributed by atoms with Gasteiger partial charge in [-0.2, -0.15) is 0 Å². The van der Waals surface area contributed by atoms with Crippen molar-refractivity contribution in [1.29, 1.82) is 0 Å². The van der Waals surface area contributed by atoms with E-state index in [2.05, 4.69) is 5.32 Å². The standard InChI is InChI=1S/C12H21F2NO2/c1-12(13,14)8-4-5-9-15-11(16)17-10-6-2-3-7-10/h10H,2-9H2,1H3,(H,15,16). The van der Waals surface area contributed by atoms with Gasteiger partial charge in [0.15, 0.2) is 0 Å². The topological polar surface area (TPSA) is 38.3 Å². The van der Waals surface area contributed by atoms with Crippen molar-refractivity contribution in [3.05, 3.63) is 0 Å². The number of unbranched alkanes of at least 4 members (excludes halogenated alkanes) is 1. The Morgan fingerprint density at radius 2 is 2.00 bits per heavy atom. The summed E-state index contributed by atoms with van der Waals surface area (Å²) in [6.07, 6.45) is 4.58. The minimum atomic E-state index is -2.61. The van der Waals surface area contributed by atoms with Crippen LogP contribution in [0.5, 0.6) is 0 Å². The molecule has 0 spiro atoms. The van der Waals surface area contributed by atoms with Gasteiger partial charge in [0.2, 0.25) is 5.92 Å². The minimum Gasteiger partial charge on any atom is -0.446 e. The molecule has 1 N–H and O–H groups in total. The van der Waals surface area contributed by atoms with Gasteiger partial charge in [-0.05, 0) is 45.4 Å². The highest BCUT2D eigenvalue weighted by Gasteiger charge is 2.20. The molecule has 0 atom stereocenters. The number of carbonyl (C=O) groups excluding carboxylic acids is 1. The molecule has 17 heavy (non-hydrogen) atoms. The molecule has 0 aromatic heterocycles. The molecule has 0 aromatic rings. The number of alkyl halides is 2. The van der Waals surface area contributed by atoms with E-state index in [4.69, 9.17) is 4.74 Å². The van der Waals surface area contributed by atoms with E-state index in [-0.39, 0.29) is 12.5 Å². The molecule has 3 nitrogen and oxygen atoms in total. The lowest BCUT2D eigenvalue weighted by molar-refractivity contribution is 0.0106. The fourth-order valence-corrected chi connectivity index (χ4v) is 1.95. The largest absolute Gasteiger partial charge is 0.446 e. The van der Waals surface area contributed by atoms with Gasteiger partial charge in [-0.3, -0.25) is 0 Å². The zero-order chi connectivity index (χ0) is 12.7. The Morgan fingerprint density at radius 1 is 1.35 bits per heavy atom. The average Bonchev–Trinajstić information content (AvgIpc) is 2.68. The summed E-state index contributed by atoms with van der Waals surface area (Å²) in [6, 6.07) is 0. The first-order chi connectivity index (χ1) is 7.97. The predicted octanol–water partition coefficient (Wildman–Crippen LogP) is 3.48. The van der Waals surface area contributed by atoms with Crippen LogP contribution >= 0.6 is 0 Å². The molecule has 0 aromatic carbocycles. The van der Waals surface area contributed by atoms with Crippen LogP contribution in [0.1, 0.15) is 51.9 Å². The van der Waals surface area contributed by atoms with Crippen LogP contribution in [-0.2, 0) is 4.74 Å². The summed E-state index contributed by atoms with van der Waals surface area (Å²) < 4.78 is 30.1. The molecule has 1 aliphatic rings. The van der Waals surface area contributed by atoms with E-state index in [0.29, 0.717) is 19.4 Å². The second-order valence-electron chi connectivity index (χ2n) is 4.77. The molecule has 1 rings (SSSR count). The van der Waals surface area contributed by atoms with E-state index in [9.17, 15) is 13.6 Å². The van der Waals surface area contributed by atoms with Gasteiger partial charge in [0, 0.05) is 13.0 Å². The second-order valence-corrected chi connectivity index (χ2v) is 4.77. The molecule has 5 heteroatoms. The smallest absolute Gasteiger partial charge is 0.407 e. The van der Waals surface area contributed by atoms with Gasteiger partial charge in [0.1, 0.15) is 6.10 Å². The molecular weight excluding hydrogens is 228 g/mol. The lowest BCUT2D eigenvalue weighted by atomic mass is 10.1. The highest BCUT2D eigenvalue weighted by atomic mass is 19.3. The molecule has 0 heterocycles. The Morgan fingerprint density at radius 3 is 2.59 bits per heavy atom. The molecule has 100 valence electrons. The van der Waals surface area contributed by atoms with E-state index in [1.165, 1.54) is 0 Å². The number of hydrogen-bond donors (Lipinski definition) is 1. The van der Waals surface area contributed by atoms with Gasteiger partial charge >= 0.3 is 6.09 Å². The van der Waals surface area contributed by atoms with Gasteiger partial charge < -0.3 is 10.1 Å². The van der Waals surface area contributed by atoms with Crippen LogP contribution < -0.4 is 5.32 Å². The normalized spacial score (nSPS) is 17.1. The third-order valence-corrected chi connectivity index (χ3v) is 2.89. The zero-order valence-electron chi connectivity index (χ0n) is 10.3. The van der Waals surface area contributed by atoms with Crippen LogP contribution in [0.2, 0.25) is 0 Å². The number of hydrogen-bond acceptors (Lipinski definition) is 2. The summed E-state index contributed by atoms with van der Waals surface area (Å²) in [5.74, 6) is -2.61. The number of alkyl carbamates (subject to hydrolysis) is 1.